The molecule has 0 amide bonds. The van der Waals surface area contributed by atoms with Crippen molar-refractivity contribution < 1.29 is 13.0 Å². The van der Waals surface area contributed by atoms with Crippen LogP contribution in [-0.4, -0.2) is 13.0 Å². The molecular weight excluding hydrogens is 224 g/mol. The summed E-state index contributed by atoms with van der Waals surface area (Å²) in [5.41, 5.74) is 0.922. The van der Waals surface area contributed by atoms with E-state index < -0.39 is 10.1 Å². The molecule has 0 aliphatic heterocycles. The molecule has 0 atom stereocenters. The number of rotatable bonds is 2. The molecule has 2 aromatic carbocycles. The zero-order valence-corrected chi connectivity index (χ0v) is 9.66. The Bertz CT molecular complexity index is 630. The van der Waals surface area contributed by atoms with Crippen molar-refractivity contribution in [3.05, 3.63) is 42.0 Å². The van der Waals surface area contributed by atoms with Gasteiger partial charge in [0.1, 0.15) is 0 Å². The van der Waals surface area contributed by atoms with E-state index >= 15 is 0 Å². The van der Waals surface area contributed by atoms with Gasteiger partial charge < -0.3 is 0 Å². The Kier molecular flexibility index (Phi) is 2.69. The van der Waals surface area contributed by atoms with Gasteiger partial charge in [-0.05, 0) is 34.9 Å². The van der Waals surface area contributed by atoms with Crippen molar-refractivity contribution in [2.45, 2.75) is 18.2 Å². The van der Waals surface area contributed by atoms with Crippen molar-refractivity contribution >= 4 is 20.9 Å². The highest BCUT2D eigenvalue weighted by molar-refractivity contribution is 7.85. The molecule has 0 aliphatic carbocycles. The van der Waals surface area contributed by atoms with Crippen molar-refractivity contribution in [2.24, 2.45) is 0 Å². The van der Waals surface area contributed by atoms with E-state index in [9.17, 15) is 8.42 Å². The standard InChI is InChI=1S/C12H12O3S/c1-2-9-7-11(16(13,14)15)8-10-5-3-4-6-12(9)10/h3-8H,2H2,1H3,(H,13,14,15). The molecule has 0 aromatic heterocycles. The molecule has 4 heteroatoms. The molecule has 0 fully saturated rings. The van der Waals surface area contributed by atoms with Gasteiger partial charge in [0.05, 0.1) is 4.90 Å². The predicted octanol–water partition coefficient (Wildman–Crippen LogP) is 2.65. The van der Waals surface area contributed by atoms with Crippen LogP contribution in [0.4, 0.5) is 0 Å². The summed E-state index contributed by atoms with van der Waals surface area (Å²) in [6.07, 6.45) is 0.726. The summed E-state index contributed by atoms with van der Waals surface area (Å²) < 4.78 is 31.2. The summed E-state index contributed by atoms with van der Waals surface area (Å²) in [6.45, 7) is 1.95. The van der Waals surface area contributed by atoms with Crippen molar-refractivity contribution in [1.82, 2.24) is 0 Å². The molecule has 0 spiro atoms. The van der Waals surface area contributed by atoms with Crippen LogP contribution in [0.5, 0.6) is 0 Å². The maximum absolute atomic E-state index is 11.1. The van der Waals surface area contributed by atoms with Crippen LogP contribution < -0.4 is 0 Å². The van der Waals surface area contributed by atoms with Crippen LogP contribution in [0.3, 0.4) is 0 Å². The third kappa shape index (κ3) is 1.94. The lowest BCUT2D eigenvalue weighted by Crippen LogP contribution is -1.99. The molecule has 0 radical (unpaired) electrons. The van der Waals surface area contributed by atoms with E-state index in [1.165, 1.54) is 12.1 Å². The van der Waals surface area contributed by atoms with Gasteiger partial charge in [0.2, 0.25) is 0 Å². The van der Waals surface area contributed by atoms with Gasteiger partial charge in [-0.2, -0.15) is 8.42 Å². The third-order valence-corrected chi connectivity index (χ3v) is 3.43. The third-order valence-electron chi connectivity index (χ3n) is 2.60. The van der Waals surface area contributed by atoms with Crippen LogP contribution >= 0.6 is 0 Å². The molecule has 2 aromatic rings. The monoisotopic (exact) mass is 236 g/mol. The fourth-order valence-electron chi connectivity index (χ4n) is 1.80. The van der Waals surface area contributed by atoms with E-state index in [4.69, 9.17) is 4.55 Å². The Morgan fingerprint density at radius 1 is 1.19 bits per heavy atom. The Balaban J connectivity index is 2.83. The maximum atomic E-state index is 11.1. The van der Waals surface area contributed by atoms with Crippen molar-refractivity contribution in [1.29, 1.82) is 0 Å². The van der Waals surface area contributed by atoms with E-state index in [0.29, 0.717) is 0 Å². The minimum Gasteiger partial charge on any atom is -0.282 e. The highest BCUT2D eigenvalue weighted by Crippen LogP contribution is 2.23. The highest BCUT2D eigenvalue weighted by atomic mass is 32.2. The topological polar surface area (TPSA) is 54.4 Å². The van der Waals surface area contributed by atoms with E-state index in [1.807, 2.05) is 31.2 Å². The maximum Gasteiger partial charge on any atom is 0.294 e. The van der Waals surface area contributed by atoms with Crippen molar-refractivity contribution in [3.8, 4) is 0 Å². The van der Waals surface area contributed by atoms with Crippen LogP contribution in [-0.2, 0) is 16.5 Å². The van der Waals surface area contributed by atoms with E-state index in [-0.39, 0.29) is 4.90 Å². The molecule has 0 aliphatic rings. The molecule has 84 valence electrons. The SMILES string of the molecule is CCc1cc(S(=O)(=O)O)cc2ccccc12. The van der Waals surface area contributed by atoms with Gasteiger partial charge in [-0.3, -0.25) is 4.55 Å². The predicted molar refractivity (Wildman–Crippen MR) is 63.1 cm³/mol. The summed E-state index contributed by atoms with van der Waals surface area (Å²) in [4.78, 5) is -0.0388. The number of hydrogen-bond acceptors (Lipinski definition) is 2. The molecule has 3 nitrogen and oxygen atoms in total. The largest absolute Gasteiger partial charge is 0.294 e. The second-order valence-corrected chi connectivity index (χ2v) is 5.05. The first kappa shape index (κ1) is 11.1. The Morgan fingerprint density at radius 3 is 2.50 bits per heavy atom. The minimum atomic E-state index is -4.13. The number of hydrogen-bond donors (Lipinski definition) is 1. The normalized spacial score (nSPS) is 11.9. The zero-order chi connectivity index (χ0) is 11.8. The highest BCUT2D eigenvalue weighted by Gasteiger charge is 2.12. The summed E-state index contributed by atoms with van der Waals surface area (Å²) in [7, 11) is -4.13. The molecule has 0 saturated carbocycles. The van der Waals surface area contributed by atoms with Crippen LogP contribution in [0.2, 0.25) is 0 Å². The molecule has 0 heterocycles. The lowest BCUT2D eigenvalue weighted by atomic mass is 10.0. The summed E-state index contributed by atoms with van der Waals surface area (Å²) in [5, 5.41) is 1.85. The first-order valence-corrected chi connectivity index (χ1v) is 6.45. The molecule has 16 heavy (non-hydrogen) atoms. The molecule has 2 rings (SSSR count). The zero-order valence-electron chi connectivity index (χ0n) is 8.84. The first-order chi connectivity index (χ1) is 7.52. The average molecular weight is 236 g/mol. The van der Waals surface area contributed by atoms with Gasteiger partial charge >= 0.3 is 0 Å². The molecular formula is C12H12O3S. The molecule has 0 unspecified atom stereocenters. The van der Waals surface area contributed by atoms with Crippen molar-refractivity contribution in [3.63, 3.8) is 0 Å². The Labute approximate surface area is 94.5 Å². The van der Waals surface area contributed by atoms with E-state index in [0.717, 1.165) is 22.8 Å². The minimum absolute atomic E-state index is 0.0388. The first-order valence-electron chi connectivity index (χ1n) is 5.01. The molecule has 0 bridgehead atoms. The smallest absolute Gasteiger partial charge is 0.282 e. The second kappa shape index (κ2) is 3.88. The van der Waals surface area contributed by atoms with E-state index in [1.54, 1.807) is 0 Å². The van der Waals surface area contributed by atoms with Crippen LogP contribution in [0.15, 0.2) is 41.3 Å². The molecule has 1 N–H and O–H groups in total. The Morgan fingerprint density at radius 2 is 1.88 bits per heavy atom. The summed E-state index contributed by atoms with van der Waals surface area (Å²) in [6, 6.07) is 10.6. The molecule has 0 saturated heterocycles. The number of fused-ring (bicyclic) bond motifs is 1. The second-order valence-electron chi connectivity index (χ2n) is 3.63. The number of benzene rings is 2. The van der Waals surface area contributed by atoms with Gasteiger partial charge in [-0.25, -0.2) is 0 Å². The number of aryl methyl sites for hydroxylation is 1. The van der Waals surface area contributed by atoms with E-state index in [2.05, 4.69) is 0 Å². The quantitative estimate of drug-likeness (QED) is 0.815. The van der Waals surface area contributed by atoms with Gasteiger partial charge in [0, 0.05) is 0 Å². The van der Waals surface area contributed by atoms with Gasteiger partial charge in [0.25, 0.3) is 10.1 Å². The fourth-order valence-corrected chi connectivity index (χ4v) is 2.37. The Hall–Kier alpha value is -1.39. The van der Waals surface area contributed by atoms with Gasteiger partial charge in [0.15, 0.2) is 0 Å². The lowest BCUT2D eigenvalue weighted by molar-refractivity contribution is 0.483. The van der Waals surface area contributed by atoms with Gasteiger partial charge in [-0.1, -0.05) is 31.2 Å². The fraction of sp³-hybridized carbons (Fsp3) is 0.167. The van der Waals surface area contributed by atoms with Crippen LogP contribution in [0, 0.1) is 0 Å². The average Bonchev–Trinajstić information content (AvgIpc) is 2.26. The van der Waals surface area contributed by atoms with Crippen molar-refractivity contribution in [2.75, 3.05) is 0 Å². The van der Waals surface area contributed by atoms with Gasteiger partial charge in [-0.15, -0.1) is 0 Å². The van der Waals surface area contributed by atoms with Crippen LogP contribution in [0.1, 0.15) is 12.5 Å². The summed E-state index contributed by atoms with van der Waals surface area (Å²) in [5.74, 6) is 0. The van der Waals surface area contributed by atoms with Crippen LogP contribution in [0.25, 0.3) is 10.8 Å². The lowest BCUT2D eigenvalue weighted by Gasteiger charge is -2.06. The summed E-state index contributed by atoms with van der Waals surface area (Å²) >= 11 is 0.